The van der Waals surface area contributed by atoms with Gasteiger partial charge in [0.15, 0.2) is 0 Å². The lowest BCUT2D eigenvalue weighted by molar-refractivity contribution is -0.870. The molecule has 1 N–H and O–H groups in total. The number of phosphoric acid groups is 1. The third kappa shape index (κ3) is 56.8. The minimum Gasteiger partial charge on any atom is -0.756 e. The summed E-state index contributed by atoms with van der Waals surface area (Å²) in [6, 6.07) is -0.884. The molecule has 0 radical (unpaired) electrons. The van der Waals surface area contributed by atoms with Crippen LogP contribution < -0.4 is 10.2 Å². The van der Waals surface area contributed by atoms with Gasteiger partial charge in [-0.2, -0.15) is 0 Å². The van der Waals surface area contributed by atoms with E-state index in [1.54, 1.807) is 0 Å². The van der Waals surface area contributed by atoms with Crippen LogP contribution in [-0.4, -0.2) is 69.4 Å². The van der Waals surface area contributed by atoms with Crippen LogP contribution in [0.15, 0.2) is 36.5 Å². The third-order valence-electron chi connectivity index (χ3n) is 14.6. The van der Waals surface area contributed by atoms with Crippen molar-refractivity contribution in [2.45, 2.75) is 328 Å². The number of carbonyl (C=O) groups is 2. The zero-order valence-corrected chi connectivity index (χ0v) is 51.4. The van der Waals surface area contributed by atoms with Gasteiger partial charge in [-0.25, -0.2) is 0 Å². The first-order chi connectivity index (χ1) is 36.4. The second-order valence-electron chi connectivity index (χ2n) is 23.3. The van der Waals surface area contributed by atoms with Crippen LogP contribution in [-0.2, 0) is 27.9 Å². The van der Waals surface area contributed by atoms with Crippen LogP contribution in [0.3, 0.4) is 0 Å². The van der Waals surface area contributed by atoms with Crippen molar-refractivity contribution in [3.8, 4) is 0 Å². The predicted octanol–water partition coefficient (Wildman–Crippen LogP) is 19.3. The van der Waals surface area contributed by atoms with E-state index in [9.17, 15) is 19.0 Å². The maximum Gasteiger partial charge on any atom is 0.306 e. The number of phosphoric ester groups is 1. The van der Waals surface area contributed by atoms with Crippen molar-refractivity contribution in [1.82, 2.24) is 5.32 Å². The van der Waals surface area contributed by atoms with E-state index in [1.807, 2.05) is 33.3 Å². The number of amides is 1. The summed E-state index contributed by atoms with van der Waals surface area (Å²) in [5.74, 6) is -0.527. The summed E-state index contributed by atoms with van der Waals surface area (Å²) in [7, 11) is 1.20. The molecule has 0 saturated heterocycles. The van der Waals surface area contributed by atoms with Gasteiger partial charge in [-0.05, 0) is 63.9 Å². The Kier molecular flexibility index (Phi) is 54.2. The monoisotopic (exact) mass is 1080 g/mol. The van der Waals surface area contributed by atoms with Gasteiger partial charge in [-0.1, -0.05) is 276 Å². The minimum atomic E-state index is -4.69. The Morgan fingerprint density at radius 3 is 1.23 bits per heavy atom. The molecule has 0 aromatic heterocycles. The molecule has 0 aliphatic heterocycles. The molecule has 0 aromatic rings. The highest BCUT2D eigenvalue weighted by molar-refractivity contribution is 7.45. The lowest BCUT2D eigenvalue weighted by Gasteiger charge is -2.30. The van der Waals surface area contributed by atoms with Crippen LogP contribution in [0.2, 0.25) is 0 Å². The number of quaternary nitrogens is 1. The van der Waals surface area contributed by atoms with Crippen molar-refractivity contribution < 1.29 is 37.3 Å². The summed E-state index contributed by atoms with van der Waals surface area (Å²) in [4.78, 5) is 40.0. The van der Waals surface area contributed by atoms with Gasteiger partial charge in [-0.15, -0.1) is 0 Å². The van der Waals surface area contributed by atoms with Gasteiger partial charge in [0, 0.05) is 12.8 Å². The Morgan fingerprint density at radius 1 is 0.467 bits per heavy atom. The zero-order valence-electron chi connectivity index (χ0n) is 50.5. The Bertz CT molecular complexity index is 1380. The number of hydrogen-bond acceptors (Lipinski definition) is 7. The molecule has 0 rings (SSSR count). The summed E-state index contributed by atoms with van der Waals surface area (Å²) in [6.07, 6.45) is 66.8. The van der Waals surface area contributed by atoms with Crippen molar-refractivity contribution in [2.75, 3.05) is 40.9 Å². The average molecular weight is 1080 g/mol. The van der Waals surface area contributed by atoms with Gasteiger partial charge in [0.1, 0.15) is 19.3 Å². The summed E-state index contributed by atoms with van der Waals surface area (Å²) >= 11 is 0. The first kappa shape index (κ1) is 73.2. The van der Waals surface area contributed by atoms with Crippen LogP contribution in [0, 0.1) is 0 Å². The van der Waals surface area contributed by atoms with Gasteiger partial charge in [0.2, 0.25) is 5.91 Å². The number of unbranched alkanes of at least 4 members (excludes halogenated alkanes) is 39. The second-order valence-corrected chi connectivity index (χ2v) is 24.7. The largest absolute Gasteiger partial charge is 0.756 e. The maximum atomic E-state index is 13.5. The van der Waals surface area contributed by atoms with Crippen LogP contribution >= 0.6 is 7.82 Å². The molecule has 3 unspecified atom stereocenters. The molecular formula is C65H125N2O7P. The highest BCUT2D eigenvalue weighted by Crippen LogP contribution is 2.38. The second kappa shape index (κ2) is 55.5. The minimum absolute atomic E-state index is 0.0196. The molecule has 442 valence electrons. The van der Waals surface area contributed by atoms with Gasteiger partial charge in [0.05, 0.1) is 33.8 Å². The summed E-state index contributed by atoms with van der Waals surface area (Å²) < 4.78 is 30.3. The van der Waals surface area contributed by atoms with E-state index >= 15 is 0 Å². The predicted molar refractivity (Wildman–Crippen MR) is 321 cm³/mol. The Balaban J connectivity index is 5.12. The fourth-order valence-electron chi connectivity index (χ4n) is 9.55. The molecule has 3 atom stereocenters. The SMILES string of the molecule is CCCCC/C=C\C/C=C\CCCCCCCCCCCCCCCC(=O)NC(COP(=O)([O-])OCC[N+](C)(C)C)C(/C=C\CCCCCCCCCCCC)OC(=O)CCCCCCCCCCCCCCCC. The van der Waals surface area contributed by atoms with E-state index in [2.05, 4.69) is 50.4 Å². The van der Waals surface area contributed by atoms with Gasteiger partial charge in [-0.3, -0.25) is 14.2 Å². The normalized spacial score (nSPS) is 13.9. The van der Waals surface area contributed by atoms with Crippen molar-refractivity contribution >= 4 is 19.7 Å². The molecule has 10 heteroatoms. The van der Waals surface area contributed by atoms with E-state index in [-0.39, 0.29) is 31.5 Å². The van der Waals surface area contributed by atoms with Crippen LogP contribution in [0.25, 0.3) is 0 Å². The van der Waals surface area contributed by atoms with Crippen molar-refractivity contribution in [2.24, 2.45) is 0 Å². The van der Waals surface area contributed by atoms with Crippen LogP contribution in [0.5, 0.6) is 0 Å². The topological polar surface area (TPSA) is 114 Å². The van der Waals surface area contributed by atoms with E-state index in [1.165, 1.54) is 218 Å². The molecule has 0 spiro atoms. The van der Waals surface area contributed by atoms with E-state index in [0.717, 1.165) is 64.2 Å². The highest BCUT2D eigenvalue weighted by Gasteiger charge is 2.27. The molecule has 1 amide bonds. The summed E-state index contributed by atoms with van der Waals surface area (Å²) in [6.45, 7) is 6.85. The molecule has 9 nitrogen and oxygen atoms in total. The molecule has 0 bridgehead atoms. The number of rotatable bonds is 59. The number of nitrogens with zero attached hydrogens (tertiary/aromatic N) is 1. The maximum absolute atomic E-state index is 13.5. The number of hydrogen-bond donors (Lipinski definition) is 1. The quantitative estimate of drug-likeness (QED) is 0.0212. The van der Waals surface area contributed by atoms with E-state index in [4.69, 9.17) is 13.8 Å². The number of esters is 1. The highest BCUT2D eigenvalue weighted by atomic mass is 31.2. The zero-order chi connectivity index (χ0) is 55.0. The molecule has 0 saturated carbocycles. The average Bonchev–Trinajstić information content (AvgIpc) is 3.37. The summed E-state index contributed by atoms with van der Waals surface area (Å²) in [5, 5.41) is 3.04. The molecular weight excluding hydrogens is 952 g/mol. The molecule has 0 aliphatic rings. The molecule has 0 aromatic carbocycles. The number of ether oxygens (including phenoxy) is 1. The Labute approximate surface area is 466 Å². The first-order valence-electron chi connectivity index (χ1n) is 32.3. The van der Waals surface area contributed by atoms with Crippen molar-refractivity contribution in [1.29, 1.82) is 0 Å². The molecule has 75 heavy (non-hydrogen) atoms. The van der Waals surface area contributed by atoms with E-state index < -0.39 is 20.0 Å². The third-order valence-corrected chi connectivity index (χ3v) is 15.5. The van der Waals surface area contributed by atoms with E-state index in [0.29, 0.717) is 17.4 Å². The molecule has 0 fully saturated rings. The fraction of sp³-hybridized carbons (Fsp3) is 0.877. The van der Waals surface area contributed by atoms with Gasteiger partial charge < -0.3 is 28.5 Å². The fourth-order valence-corrected chi connectivity index (χ4v) is 10.3. The Hall–Kier alpha value is -1.77. The number of carbonyl (C=O) groups excluding carboxylic acids is 2. The summed E-state index contributed by atoms with van der Waals surface area (Å²) in [5.41, 5.74) is 0. The number of likely N-dealkylation sites (N-methyl/N-ethyl adjacent to an activating group) is 1. The number of allylic oxidation sites excluding steroid dienone is 5. The first-order valence-corrected chi connectivity index (χ1v) is 33.8. The smallest absolute Gasteiger partial charge is 0.306 e. The lowest BCUT2D eigenvalue weighted by atomic mass is 10.0. The van der Waals surface area contributed by atoms with Crippen molar-refractivity contribution in [3.05, 3.63) is 36.5 Å². The number of nitrogens with one attached hydrogen (secondary N) is 1. The lowest BCUT2D eigenvalue weighted by Crippen LogP contribution is -2.47. The molecule has 0 aliphatic carbocycles. The van der Waals surface area contributed by atoms with Crippen molar-refractivity contribution in [3.63, 3.8) is 0 Å². The Morgan fingerprint density at radius 2 is 0.813 bits per heavy atom. The van der Waals surface area contributed by atoms with Crippen LogP contribution in [0.4, 0.5) is 0 Å². The standard InChI is InChI=1S/C65H125N2O7P/c1-7-10-13-16-19-22-25-28-30-31-32-33-34-35-36-37-38-39-42-45-48-51-54-57-64(68)66-62(61-73-75(70,71)72-60-59-67(4,5)6)63(56-53-50-47-44-41-27-24-21-18-15-12-9-3)74-65(69)58-55-52-49-46-43-40-29-26-23-20-17-14-11-8-2/h19,22,28,30,53,56,62-63H,7-18,20-21,23-27,29,31-52,54-55,57-61H2,1-6H3,(H-,66,68,70,71)/b22-19-,30-28-,56-53-. The van der Waals surface area contributed by atoms with Gasteiger partial charge >= 0.3 is 5.97 Å². The molecule has 0 heterocycles. The van der Waals surface area contributed by atoms with Gasteiger partial charge in [0.25, 0.3) is 7.82 Å². The van der Waals surface area contributed by atoms with Crippen LogP contribution in [0.1, 0.15) is 316 Å².